The van der Waals surface area contributed by atoms with E-state index in [1.165, 1.54) is 0 Å². The molecule has 0 saturated carbocycles. The van der Waals surface area contributed by atoms with Gasteiger partial charge >= 0.3 is 0 Å². The quantitative estimate of drug-likeness (QED) is 0.863. The van der Waals surface area contributed by atoms with Gasteiger partial charge in [0.2, 0.25) is 5.91 Å². The summed E-state index contributed by atoms with van der Waals surface area (Å²) in [5.74, 6) is 0.0400. The minimum Gasteiger partial charge on any atom is -0.375 e. The Morgan fingerprint density at radius 1 is 1.35 bits per heavy atom. The predicted molar refractivity (Wildman–Crippen MR) is 79.3 cm³/mol. The fourth-order valence-corrected chi connectivity index (χ4v) is 2.50. The van der Waals surface area contributed by atoms with Crippen molar-refractivity contribution in [2.75, 3.05) is 13.2 Å². The molecule has 0 radical (unpaired) electrons. The van der Waals surface area contributed by atoms with Gasteiger partial charge in [-0.1, -0.05) is 30.3 Å². The van der Waals surface area contributed by atoms with Crippen LogP contribution in [-0.4, -0.2) is 30.7 Å². The van der Waals surface area contributed by atoms with E-state index >= 15 is 0 Å². The van der Waals surface area contributed by atoms with Crippen LogP contribution in [0.1, 0.15) is 32.3 Å². The lowest BCUT2D eigenvalue weighted by atomic mass is 9.94. The van der Waals surface area contributed by atoms with E-state index in [2.05, 4.69) is 24.5 Å². The number of ether oxygens (including phenoxy) is 1. The van der Waals surface area contributed by atoms with Gasteiger partial charge in [0.05, 0.1) is 12.1 Å². The first-order valence-corrected chi connectivity index (χ1v) is 7.23. The minimum atomic E-state index is -0.0869. The highest BCUT2D eigenvalue weighted by Crippen LogP contribution is 2.23. The average Bonchev–Trinajstić information content (AvgIpc) is 2.43. The third-order valence-electron chi connectivity index (χ3n) is 3.58. The summed E-state index contributed by atoms with van der Waals surface area (Å²) in [6.45, 7) is 5.90. The highest BCUT2D eigenvalue weighted by molar-refractivity contribution is 5.78. The van der Waals surface area contributed by atoms with Gasteiger partial charge in [-0.2, -0.15) is 0 Å². The number of hydrogen-bond donors (Lipinski definition) is 2. The maximum atomic E-state index is 11.8. The van der Waals surface area contributed by atoms with Gasteiger partial charge in [0.15, 0.2) is 0 Å². The first-order chi connectivity index (χ1) is 9.55. The maximum absolute atomic E-state index is 11.8. The first kappa shape index (κ1) is 15.0. The van der Waals surface area contributed by atoms with Crippen LogP contribution in [0.3, 0.4) is 0 Å². The van der Waals surface area contributed by atoms with Crippen LogP contribution in [0, 0.1) is 0 Å². The summed E-state index contributed by atoms with van der Waals surface area (Å²) in [5, 5.41) is 6.25. The molecule has 2 rings (SSSR count). The molecular weight excluding hydrogens is 252 g/mol. The smallest absolute Gasteiger partial charge is 0.234 e. The second kappa shape index (κ2) is 6.86. The van der Waals surface area contributed by atoms with Crippen molar-refractivity contribution in [3.63, 3.8) is 0 Å². The lowest BCUT2D eigenvalue weighted by Crippen LogP contribution is -2.46. The maximum Gasteiger partial charge on any atom is 0.234 e. The van der Waals surface area contributed by atoms with Crippen molar-refractivity contribution >= 4 is 5.91 Å². The second-order valence-corrected chi connectivity index (χ2v) is 5.94. The molecule has 1 amide bonds. The van der Waals surface area contributed by atoms with Crippen LogP contribution in [0.2, 0.25) is 0 Å². The Hall–Kier alpha value is -1.39. The lowest BCUT2D eigenvalue weighted by molar-refractivity contribution is -0.121. The molecule has 1 aromatic rings. The summed E-state index contributed by atoms with van der Waals surface area (Å²) >= 11 is 0. The standard InChI is InChI=1S/C16H24N2O2/c1-16(2)10-14(8-9-20-16)17-12-15(19)18-11-13-6-4-3-5-7-13/h3-7,14,17H,8-12H2,1-2H3,(H,18,19). The molecule has 4 nitrogen and oxygen atoms in total. The number of rotatable bonds is 5. The van der Waals surface area contributed by atoms with Crippen molar-refractivity contribution in [1.82, 2.24) is 10.6 Å². The summed E-state index contributed by atoms with van der Waals surface area (Å²) in [6.07, 6.45) is 1.91. The van der Waals surface area contributed by atoms with Gasteiger partial charge < -0.3 is 15.4 Å². The summed E-state index contributed by atoms with van der Waals surface area (Å²) in [6, 6.07) is 10.3. The van der Waals surface area contributed by atoms with E-state index in [9.17, 15) is 4.79 Å². The largest absolute Gasteiger partial charge is 0.375 e. The molecule has 1 aliphatic rings. The Morgan fingerprint density at radius 2 is 2.10 bits per heavy atom. The van der Waals surface area contributed by atoms with Crippen LogP contribution in [0.15, 0.2) is 30.3 Å². The second-order valence-electron chi connectivity index (χ2n) is 5.94. The minimum absolute atomic E-state index is 0.0400. The molecule has 20 heavy (non-hydrogen) atoms. The molecular formula is C16H24N2O2. The van der Waals surface area contributed by atoms with Crippen molar-refractivity contribution in [1.29, 1.82) is 0 Å². The Morgan fingerprint density at radius 3 is 2.80 bits per heavy atom. The van der Waals surface area contributed by atoms with Crippen molar-refractivity contribution in [2.45, 2.75) is 44.9 Å². The molecule has 2 N–H and O–H groups in total. The Balaban J connectivity index is 1.67. The molecule has 1 saturated heterocycles. The van der Waals surface area contributed by atoms with Crippen LogP contribution < -0.4 is 10.6 Å². The van der Waals surface area contributed by atoms with E-state index in [4.69, 9.17) is 4.74 Å². The van der Waals surface area contributed by atoms with Crippen LogP contribution >= 0.6 is 0 Å². The third kappa shape index (κ3) is 4.94. The fourth-order valence-electron chi connectivity index (χ4n) is 2.50. The SMILES string of the molecule is CC1(C)CC(NCC(=O)NCc2ccccc2)CCO1. The molecule has 0 aromatic heterocycles. The van der Waals surface area contributed by atoms with Gasteiger partial charge in [-0.25, -0.2) is 0 Å². The summed E-state index contributed by atoms with van der Waals surface area (Å²) < 4.78 is 5.67. The van der Waals surface area contributed by atoms with Gasteiger partial charge in [0.1, 0.15) is 0 Å². The van der Waals surface area contributed by atoms with Gasteiger partial charge in [-0.15, -0.1) is 0 Å². The van der Waals surface area contributed by atoms with E-state index in [-0.39, 0.29) is 11.5 Å². The van der Waals surface area contributed by atoms with Gasteiger partial charge in [-0.05, 0) is 32.3 Å². The molecule has 1 atom stereocenters. The number of carbonyl (C=O) groups is 1. The van der Waals surface area contributed by atoms with Crippen LogP contribution in [0.25, 0.3) is 0 Å². The predicted octanol–water partition coefficient (Wildman–Crippen LogP) is 1.85. The molecule has 1 heterocycles. The van der Waals surface area contributed by atoms with E-state index < -0.39 is 0 Å². The highest BCUT2D eigenvalue weighted by atomic mass is 16.5. The number of nitrogens with one attached hydrogen (secondary N) is 2. The van der Waals surface area contributed by atoms with Crippen molar-refractivity contribution in [2.24, 2.45) is 0 Å². The normalized spacial score (nSPS) is 21.4. The molecule has 1 aliphatic heterocycles. The van der Waals surface area contributed by atoms with Crippen molar-refractivity contribution in [3.05, 3.63) is 35.9 Å². The molecule has 0 aliphatic carbocycles. The summed E-state index contributed by atoms with van der Waals surface area (Å²) in [5.41, 5.74) is 1.03. The van der Waals surface area contributed by atoms with Crippen LogP contribution in [0.4, 0.5) is 0 Å². The molecule has 1 aromatic carbocycles. The molecule has 1 unspecified atom stereocenters. The summed E-state index contributed by atoms with van der Waals surface area (Å²) in [7, 11) is 0. The summed E-state index contributed by atoms with van der Waals surface area (Å²) in [4.78, 5) is 11.8. The monoisotopic (exact) mass is 276 g/mol. The molecule has 4 heteroatoms. The Kier molecular flexibility index (Phi) is 5.15. The van der Waals surface area contributed by atoms with Crippen LogP contribution in [-0.2, 0) is 16.1 Å². The topological polar surface area (TPSA) is 50.4 Å². The molecule has 110 valence electrons. The van der Waals surface area contributed by atoms with E-state index in [1.54, 1.807) is 0 Å². The van der Waals surface area contributed by atoms with Gasteiger partial charge in [-0.3, -0.25) is 4.79 Å². The molecule has 0 spiro atoms. The van der Waals surface area contributed by atoms with Gasteiger partial charge in [0, 0.05) is 19.2 Å². The first-order valence-electron chi connectivity index (χ1n) is 7.23. The van der Waals surface area contributed by atoms with E-state index in [0.29, 0.717) is 19.1 Å². The fraction of sp³-hybridized carbons (Fsp3) is 0.562. The van der Waals surface area contributed by atoms with Crippen LogP contribution in [0.5, 0.6) is 0 Å². The number of carbonyl (C=O) groups excluding carboxylic acids is 1. The molecule has 1 fully saturated rings. The van der Waals surface area contributed by atoms with E-state index in [0.717, 1.165) is 25.0 Å². The number of benzene rings is 1. The zero-order valence-corrected chi connectivity index (χ0v) is 12.3. The number of amides is 1. The zero-order valence-electron chi connectivity index (χ0n) is 12.3. The molecule has 0 bridgehead atoms. The highest BCUT2D eigenvalue weighted by Gasteiger charge is 2.28. The van der Waals surface area contributed by atoms with Crippen molar-refractivity contribution in [3.8, 4) is 0 Å². The third-order valence-corrected chi connectivity index (χ3v) is 3.58. The lowest BCUT2D eigenvalue weighted by Gasteiger charge is -2.35. The van der Waals surface area contributed by atoms with E-state index in [1.807, 2.05) is 30.3 Å². The average molecular weight is 276 g/mol. The zero-order chi connectivity index (χ0) is 14.4. The van der Waals surface area contributed by atoms with Gasteiger partial charge in [0.25, 0.3) is 0 Å². The Bertz CT molecular complexity index is 431. The van der Waals surface area contributed by atoms with Crippen molar-refractivity contribution < 1.29 is 9.53 Å². The number of hydrogen-bond acceptors (Lipinski definition) is 3. The Labute approximate surface area is 120 Å².